The van der Waals surface area contributed by atoms with Gasteiger partial charge in [0.15, 0.2) is 5.82 Å². The van der Waals surface area contributed by atoms with Crippen LogP contribution in [0.2, 0.25) is 0 Å². The van der Waals surface area contributed by atoms with E-state index in [0.29, 0.717) is 12.1 Å². The quantitative estimate of drug-likeness (QED) is 0.572. The zero-order chi connectivity index (χ0) is 13.9. The fraction of sp³-hybridized carbons (Fsp3) is 0.0667. The molecule has 0 aliphatic carbocycles. The number of rotatable bonds is 3. The van der Waals surface area contributed by atoms with Gasteiger partial charge in [-0.3, -0.25) is 0 Å². The fourth-order valence-corrected chi connectivity index (χ4v) is 2.62. The summed E-state index contributed by atoms with van der Waals surface area (Å²) in [5.41, 5.74) is 8.10. The number of benzene rings is 2. The first-order valence-corrected chi connectivity index (χ1v) is 6.95. The van der Waals surface area contributed by atoms with Gasteiger partial charge in [0, 0.05) is 12.0 Å². The van der Waals surface area contributed by atoms with E-state index in [4.69, 9.17) is 5.73 Å². The van der Waals surface area contributed by atoms with E-state index in [-0.39, 0.29) is 5.75 Å². The number of nitrogen functional groups attached to an aromatic ring is 1. The lowest BCUT2D eigenvalue weighted by molar-refractivity contribution is 0.478. The number of nitrogens with zero attached hydrogens (tertiary/aromatic N) is 2. The van der Waals surface area contributed by atoms with Crippen LogP contribution in [0.3, 0.4) is 0 Å². The van der Waals surface area contributed by atoms with Crippen LogP contribution in [0.1, 0.15) is 10.6 Å². The van der Waals surface area contributed by atoms with Crippen LogP contribution in [-0.4, -0.2) is 14.5 Å². The summed E-state index contributed by atoms with van der Waals surface area (Å²) in [5, 5.41) is 10.3. The number of aromatic nitrogens is 2. The van der Waals surface area contributed by atoms with E-state index >= 15 is 0 Å². The summed E-state index contributed by atoms with van der Waals surface area (Å²) in [6.45, 7) is 0. The van der Waals surface area contributed by atoms with Crippen molar-refractivity contribution in [1.82, 2.24) is 9.36 Å². The van der Waals surface area contributed by atoms with E-state index < -0.39 is 0 Å². The van der Waals surface area contributed by atoms with Crippen molar-refractivity contribution in [2.75, 3.05) is 5.73 Å². The normalized spacial score (nSPS) is 10.6. The van der Waals surface area contributed by atoms with Crippen LogP contribution in [0.15, 0.2) is 48.5 Å². The molecule has 20 heavy (non-hydrogen) atoms. The summed E-state index contributed by atoms with van der Waals surface area (Å²) in [4.78, 5) is 4.53. The molecule has 1 heterocycles. The molecule has 0 aliphatic heterocycles. The van der Waals surface area contributed by atoms with Crippen molar-refractivity contribution in [2.45, 2.75) is 6.42 Å². The highest BCUT2D eigenvalue weighted by atomic mass is 32.1. The molecular formula is C15H13N3OS. The molecule has 4 nitrogen and oxygen atoms in total. The Bertz CT molecular complexity index is 725. The third-order valence-electron chi connectivity index (χ3n) is 2.95. The Balaban J connectivity index is 1.82. The van der Waals surface area contributed by atoms with Crippen molar-refractivity contribution in [3.05, 3.63) is 59.1 Å². The highest BCUT2D eigenvalue weighted by Crippen LogP contribution is 2.24. The van der Waals surface area contributed by atoms with Gasteiger partial charge < -0.3 is 10.8 Å². The van der Waals surface area contributed by atoms with Crippen LogP contribution in [0.4, 0.5) is 5.69 Å². The van der Waals surface area contributed by atoms with Gasteiger partial charge in [0.1, 0.15) is 10.8 Å². The molecule has 0 radical (unpaired) electrons. The minimum absolute atomic E-state index is 0.107. The van der Waals surface area contributed by atoms with Crippen LogP contribution in [0, 0.1) is 0 Å². The molecular weight excluding hydrogens is 270 g/mol. The summed E-state index contributed by atoms with van der Waals surface area (Å²) >= 11 is 1.38. The monoisotopic (exact) mass is 283 g/mol. The van der Waals surface area contributed by atoms with Gasteiger partial charge in [0.2, 0.25) is 0 Å². The minimum Gasteiger partial charge on any atom is -0.506 e. The van der Waals surface area contributed by atoms with E-state index in [9.17, 15) is 5.11 Å². The lowest BCUT2D eigenvalue weighted by Crippen LogP contribution is -1.91. The fourth-order valence-electron chi connectivity index (χ4n) is 1.92. The molecule has 3 rings (SSSR count). The predicted molar refractivity (Wildman–Crippen MR) is 80.7 cm³/mol. The van der Waals surface area contributed by atoms with E-state index in [1.54, 1.807) is 12.1 Å². The van der Waals surface area contributed by atoms with Crippen LogP contribution >= 0.6 is 11.5 Å². The van der Waals surface area contributed by atoms with Crippen LogP contribution in [0.5, 0.6) is 5.75 Å². The van der Waals surface area contributed by atoms with Gasteiger partial charge in [-0.2, -0.15) is 4.37 Å². The maximum atomic E-state index is 9.41. The lowest BCUT2D eigenvalue weighted by atomic mass is 10.1. The van der Waals surface area contributed by atoms with Gasteiger partial charge in [-0.05, 0) is 29.2 Å². The average Bonchev–Trinajstić information content (AvgIpc) is 2.92. The minimum atomic E-state index is 0.107. The summed E-state index contributed by atoms with van der Waals surface area (Å²) in [6, 6.07) is 15.1. The maximum absolute atomic E-state index is 9.41. The SMILES string of the molecule is Nc1cc(Cc2nc(-c3ccccc3)ns2)ccc1O. The molecule has 0 unspecified atom stereocenters. The predicted octanol–water partition coefficient (Wildman–Crippen LogP) is 3.08. The van der Waals surface area contributed by atoms with Crippen LogP contribution < -0.4 is 5.73 Å². The topological polar surface area (TPSA) is 72.0 Å². The Kier molecular flexibility index (Phi) is 3.35. The highest BCUT2D eigenvalue weighted by Gasteiger charge is 2.08. The Morgan fingerprint density at radius 2 is 1.90 bits per heavy atom. The molecule has 0 fully saturated rings. The molecule has 3 aromatic rings. The Labute approximate surface area is 120 Å². The number of phenols is 1. The molecule has 0 saturated carbocycles. The largest absolute Gasteiger partial charge is 0.506 e. The lowest BCUT2D eigenvalue weighted by Gasteiger charge is -2.01. The summed E-state index contributed by atoms with van der Waals surface area (Å²) in [6.07, 6.45) is 0.662. The molecule has 0 atom stereocenters. The molecule has 5 heteroatoms. The zero-order valence-corrected chi connectivity index (χ0v) is 11.5. The van der Waals surface area contributed by atoms with Crippen molar-refractivity contribution in [2.24, 2.45) is 0 Å². The number of anilines is 1. The first-order chi connectivity index (χ1) is 9.72. The molecule has 3 N–H and O–H groups in total. The van der Waals surface area contributed by atoms with Crippen molar-refractivity contribution in [3.63, 3.8) is 0 Å². The average molecular weight is 283 g/mol. The molecule has 0 amide bonds. The third kappa shape index (κ3) is 2.62. The van der Waals surface area contributed by atoms with Gasteiger partial charge in [-0.25, -0.2) is 4.98 Å². The van der Waals surface area contributed by atoms with E-state index in [2.05, 4.69) is 9.36 Å². The smallest absolute Gasteiger partial charge is 0.173 e. The van der Waals surface area contributed by atoms with Crippen LogP contribution in [0.25, 0.3) is 11.4 Å². The molecule has 0 aliphatic rings. The summed E-state index contributed by atoms with van der Waals surface area (Å²) < 4.78 is 4.37. The molecule has 1 aromatic heterocycles. The van der Waals surface area contributed by atoms with E-state index in [1.807, 2.05) is 36.4 Å². The number of hydrogen-bond acceptors (Lipinski definition) is 5. The van der Waals surface area contributed by atoms with Crippen molar-refractivity contribution in [1.29, 1.82) is 0 Å². The van der Waals surface area contributed by atoms with Gasteiger partial charge in [0.05, 0.1) is 5.69 Å². The van der Waals surface area contributed by atoms with Gasteiger partial charge in [-0.1, -0.05) is 36.4 Å². The summed E-state index contributed by atoms with van der Waals surface area (Å²) in [5.74, 6) is 0.855. The van der Waals surface area contributed by atoms with Crippen LogP contribution in [-0.2, 0) is 6.42 Å². The second-order valence-corrected chi connectivity index (χ2v) is 5.28. The summed E-state index contributed by atoms with van der Waals surface area (Å²) in [7, 11) is 0. The molecule has 100 valence electrons. The van der Waals surface area contributed by atoms with Crippen molar-refractivity contribution >= 4 is 17.2 Å². The van der Waals surface area contributed by atoms with Crippen molar-refractivity contribution < 1.29 is 5.11 Å². The molecule has 0 saturated heterocycles. The Morgan fingerprint density at radius 1 is 1.10 bits per heavy atom. The Hall–Kier alpha value is -2.40. The molecule has 2 aromatic carbocycles. The number of nitrogens with two attached hydrogens (primary N) is 1. The molecule has 0 spiro atoms. The first kappa shape index (κ1) is 12.6. The standard InChI is InChI=1S/C15H13N3OS/c16-12-8-10(6-7-13(12)19)9-14-17-15(18-20-14)11-4-2-1-3-5-11/h1-8,19H,9,16H2. The van der Waals surface area contributed by atoms with Gasteiger partial charge >= 0.3 is 0 Å². The Morgan fingerprint density at radius 3 is 2.65 bits per heavy atom. The second kappa shape index (κ2) is 5.30. The number of hydrogen-bond donors (Lipinski definition) is 2. The first-order valence-electron chi connectivity index (χ1n) is 6.18. The maximum Gasteiger partial charge on any atom is 0.173 e. The van der Waals surface area contributed by atoms with Gasteiger partial charge in [0.25, 0.3) is 0 Å². The van der Waals surface area contributed by atoms with E-state index in [0.717, 1.165) is 22.0 Å². The second-order valence-electron chi connectivity index (χ2n) is 4.45. The molecule has 0 bridgehead atoms. The van der Waals surface area contributed by atoms with Gasteiger partial charge in [-0.15, -0.1) is 0 Å². The van der Waals surface area contributed by atoms with E-state index in [1.165, 1.54) is 11.5 Å². The number of phenolic OH excluding ortho intramolecular Hbond substituents is 1. The van der Waals surface area contributed by atoms with Crippen molar-refractivity contribution in [3.8, 4) is 17.1 Å². The zero-order valence-electron chi connectivity index (χ0n) is 10.7. The third-order valence-corrected chi connectivity index (χ3v) is 3.66. The number of aromatic hydroxyl groups is 1. The highest BCUT2D eigenvalue weighted by molar-refractivity contribution is 7.05.